The highest BCUT2D eigenvalue weighted by Gasteiger charge is 2.05. The normalized spacial score (nSPS) is 10.4. The molecule has 2 aromatic rings. The molecule has 0 aliphatic heterocycles. The molecule has 1 aromatic heterocycles. The predicted octanol–water partition coefficient (Wildman–Crippen LogP) is 2.94. The van der Waals surface area contributed by atoms with Crippen molar-refractivity contribution in [2.75, 3.05) is 0 Å². The molecule has 2 rings (SSSR count). The van der Waals surface area contributed by atoms with Crippen molar-refractivity contribution in [1.29, 1.82) is 0 Å². The molecule has 0 aliphatic carbocycles. The molecular weight excluding hydrogens is 247 g/mol. The number of benzene rings is 1. The first-order valence-corrected chi connectivity index (χ1v) is 5.33. The summed E-state index contributed by atoms with van der Waals surface area (Å²) in [7, 11) is 0. The molecule has 1 heterocycles. The largest absolute Gasteiger partial charge is 0.388 e. The van der Waals surface area contributed by atoms with Crippen molar-refractivity contribution >= 4 is 23.2 Å². The van der Waals surface area contributed by atoms with Gasteiger partial charge < -0.3 is 5.11 Å². The van der Waals surface area contributed by atoms with Crippen LogP contribution in [-0.4, -0.2) is 15.1 Å². The Hall–Kier alpha value is -1.16. The Kier molecular flexibility index (Phi) is 3.39. The summed E-state index contributed by atoms with van der Waals surface area (Å²) >= 11 is 11.9. The number of aliphatic hydroxyl groups excluding tert-OH is 1. The Morgan fingerprint density at radius 2 is 1.81 bits per heavy atom. The summed E-state index contributed by atoms with van der Waals surface area (Å²) in [6.45, 7) is -0.177. The molecule has 1 N–H and O–H groups in total. The fourth-order valence-electron chi connectivity index (χ4n) is 1.29. The molecule has 0 unspecified atom stereocenters. The average Bonchev–Trinajstić information content (AvgIpc) is 2.32. The monoisotopic (exact) mass is 254 g/mol. The van der Waals surface area contributed by atoms with E-state index in [2.05, 4.69) is 9.97 Å². The van der Waals surface area contributed by atoms with Gasteiger partial charge in [0, 0.05) is 33.6 Å². The van der Waals surface area contributed by atoms with E-state index in [1.165, 1.54) is 0 Å². The van der Waals surface area contributed by atoms with E-state index in [0.717, 1.165) is 11.1 Å². The Labute approximate surface area is 103 Å². The third kappa shape index (κ3) is 2.32. The van der Waals surface area contributed by atoms with Gasteiger partial charge in [0.1, 0.15) is 6.61 Å². The van der Waals surface area contributed by atoms with Crippen LogP contribution in [0.2, 0.25) is 10.0 Å². The zero-order valence-electron chi connectivity index (χ0n) is 8.19. The molecule has 5 heteroatoms. The summed E-state index contributed by atoms with van der Waals surface area (Å²) in [5.74, 6) is 0.377. The third-order valence-corrected chi connectivity index (χ3v) is 2.65. The van der Waals surface area contributed by atoms with Gasteiger partial charge in [-0.05, 0) is 18.2 Å². The molecular formula is C11H8Cl2N2O. The summed E-state index contributed by atoms with van der Waals surface area (Å²) in [6.07, 6.45) is 3.21. The second kappa shape index (κ2) is 4.78. The van der Waals surface area contributed by atoms with Crippen molar-refractivity contribution in [1.82, 2.24) is 9.97 Å². The number of hydrogen-bond acceptors (Lipinski definition) is 3. The Bertz CT molecular complexity index is 500. The Morgan fingerprint density at radius 3 is 2.44 bits per heavy atom. The van der Waals surface area contributed by atoms with E-state index in [0.29, 0.717) is 15.9 Å². The SMILES string of the molecule is OCc1ncc(-c2cc(Cl)ccc2Cl)cn1. The zero-order valence-corrected chi connectivity index (χ0v) is 9.70. The lowest BCUT2D eigenvalue weighted by Gasteiger charge is -2.04. The number of aliphatic hydroxyl groups is 1. The molecule has 0 spiro atoms. The van der Waals surface area contributed by atoms with Gasteiger partial charge in [-0.2, -0.15) is 0 Å². The third-order valence-electron chi connectivity index (χ3n) is 2.09. The van der Waals surface area contributed by atoms with Crippen LogP contribution in [-0.2, 0) is 6.61 Å². The predicted molar refractivity (Wildman–Crippen MR) is 63.4 cm³/mol. The molecule has 0 amide bonds. The van der Waals surface area contributed by atoms with E-state index in [1.54, 1.807) is 30.6 Å². The molecule has 0 bridgehead atoms. The molecule has 0 radical (unpaired) electrons. The number of rotatable bonds is 2. The lowest BCUT2D eigenvalue weighted by molar-refractivity contribution is 0.271. The lowest BCUT2D eigenvalue weighted by Crippen LogP contribution is -1.93. The molecule has 1 aromatic carbocycles. The summed E-state index contributed by atoms with van der Waals surface area (Å²) in [5.41, 5.74) is 1.54. The smallest absolute Gasteiger partial charge is 0.153 e. The van der Waals surface area contributed by atoms with Gasteiger partial charge in [-0.15, -0.1) is 0 Å². The maximum Gasteiger partial charge on any atom is 0.153 e. The molecule has 0 fully saturated rings. The van der Waals surface area contributed by atoms with Crippen LogP contribution in [0.5, 0.6) is 0 Å². The van der Waals surface area contributed by atoms with Crippen molar-refractivity contribution in [2.45, 2.75) is 6.61 Å². The lowest BCUT2D eigenvalue weighted by atomic mass is 10.1. The second-order valence-electron chi connectivity index (χ2n) is 3.17. The van der Waals surface area contributed by atoms with Crippen molar-refractivity contribution in [3.63, 3.8) is 0 Å². The molecule has 82 valence electrons. The quantitative estimate of drug-likeness (QED) is 0.897. The zero-order chi connectivity index (χ0) is 11.5. The average molecular weight is 255 g/mol. The molecule has 0 atom stereocenters. The van der Waals surface area contributed by atoms with E-state index in [1.807, 2.05) is 0 Å². The number of aromatic nitrogens is 2. The van der Waals surface area contributed by atoms with Crippen LogP contribution in [0.1, 0.15) is 5.82 Å². The first-order chi connectivity index (χ1) is 7.70. The second-order valence-corrected chi connectivity index (χ2v) is 4.01. The van der Waals surface area contributed by atoms with Gasteiger partial charge in [-0.1, -0.05) is 23.2 Å². The highest BCUT2D eigenvalue weighted by molar-refractivity contribution is 6.35. The van der Waals surface area contributed by atoms with Crippen molar-refractivity contribution in [3.8, 4) is 11.1 Å². The molecule has 0 aliphatic rings. The van der Waals surface area contributed by atoms with Gasteiger partial charge >= 0.3 is 0 Å². The van der Waals surface area contributed by atoms with E-state index in [4.69, 9.17) is 28.3 Å². The highest BCUT2D eigenvalue weighted by Crippen LogP contribution is 2.29. The van der Waals surface area contributed by atoms with Crippen molar-refractivity contribution < 1.29 is 5.11 Å². The van der Waals surface area contributed by atoms with Crippen LogP contribution < -0.4 is 0 Å². The van der Waals surface area contributed by atoms with Crippen LogP contribution in [0.3, 0.4) is 0 Å². The molecule has 3 nitrogen and oxygen atoms in total. The minimum atomic E-state index is -0.177. The van der Waals surface area contributed by atoms with Gasteiger partial charge in [-0.3, -0.25) is 0 Å². The van der Waals surface area contributed by atoms with Gasteiger partial charge in [0.2, 0.25) is 0 Å². The maximum atomic E-state index is 8.83. The Morgan fingerprint density at radius 1 is 1.12 bits per heavy atom. The van der Waals surface area contributed by atoms with E-state index in [9.17, 15) is 0 Å². The Balaban J connectivity index is 2.45. The van der Waals surface area contributed by atoms with Crippen LogP contribution in [0.4, 0.5) is 0 Å². The minimum Gasteiger partial charge on any atom is -0.388 e. The number of hydrogen-bond donors (Lipinski definition) is 1. The number of halogens is 2. The van der Waals surface area contributed by atoms with Crippen LogP contribution in [0.15, 0.2) is 30.6 Å². The maximum absolute atomic E-state index is 8.83. The first-order valence-electron chi connectivity index (χ1n) is 4.58. The topological polar surface area (TPSA) is 46.0 Å². The van der Waals surface area contributed by atoms with Crippen LogP contribution in [0, 0.1) is 0 Å². The van der Waals surface area contributed by atoms with E-state index < -0.39 is 0 Å². The van der Waals surface area contributed by atoms with Crippen molar-refractivity contribution in [2.24, 2.45) is 0 Å². The van der Waals surface area contributed by atoms with Gasteiger partial charge in [-0.25, -0.2) is 9.97 Å². The van der Waals surface area contributed by atoms with E-state index >= 15 is 0 Å². The van der Waals surface area contributed by atoms with Gasteiger partial charge in [0.05, 0.1) is 0 Å². The fraction of sp³-hybridized carbons (Fsp3) is 0.0909. The van der Waals surface area contributed by atoms with Crippen LogP contribution >= 0.6 is 23.2 Å². The summed E-state index contributed by atoms with van der Waals surface area (Å²) < 4.78 is 0. The number of nitrogens with zero attached hydrogens (tertiary/aromatic N) is 2. The first kappa shape index (κ1) is 11.3. The van der Waals surface area contributed by atoms with Crippen LogP contribution in [0.25, 0.3) is 11.1 Å². The molecule has 0 saturated carbocycles. The molecule has 0 saturated heterocycles. The summed E-state index contributed by atoms with van der Waals surface area (Å²) in [6, 6.07) is 5.19. The molecule has 16 heavy (non-hydrogen) atoms. The summed E-state index contributed by atoms with van der Waals surface area (Å²) in [4.78, 5) is 7.96. The van der Waals surface area contributed by atoms with E-state index in [-0.39, 0.29) is 6.61 Å². The highest BCUT2D eigenvalue weighted by atomic mass is 35.5. The van der Waals surface area contributed by atoms with Gasteiger partial charge in [0.15, 0.2) is 5.82 Å². The standard InChI is InChI=1S/C11H8Cl2N2O/c12-8-1-2-10(13)9(3-8)7-4-14-11(6-16)15-5-7/h1-5,16H,6H2. The minimum absolute atomic E-state index is 0.177. The fourth-order valence-corrected chi connectivity index (χ4v) is 1.69. The van der Waals surface area contributed by atoms with Crippen molar-refractivity contribution in [3.05, 3.63) is 46.5 Å². The van der Waals surface area contributed by atoms with Gasteiger partial charge in [0.25, 0.3) is 0 Å². The summed E-state index contributed by atoms with van der Waals surface area (Å²) in [5, 5.41) is 10.0.